The molecule has 0 fully saturated rings. The van der Waals surface area contributed by atoms with E-state index in [-0.39, 0.29) is 5.91 Å². The van der Waals surface area contributed by atoms with E-state index in [2.05, 4.69) is 11.9 Å². The molecule has 0 radical (unpaired) electrons. The Kier molecular flexibility index (Phi) is 5.62. The van der Waals surface area contributed by atoms with E-state index in [1.807, 2.05) is 0 Å². The Bertz CT molecular complexity index is 533. The van der Waals surface area contributed by atoms with Crippen molar-refractivity contribution in [3.05, 3.63) is 47.0 Å². The number of carbonyl (C=O) groups is 2. The van der Waals surface area contributed by atoms with Gasteiger partial charge in [0.05, 0.1) is 0 Å². The highest BCUT2D eigenvalue weighted by molar-refractivity contribution is 8.14. The highest BCUT2D eigenvalue weighted by Gasteiger charge is 2.32. The second kappa shape index (κ2) is 6.78. The van der Waals surface area contributed by atoms with Gasteiger partial charge < -0.3 is 5.32 Å². The largest absolute Gasteiger partial charge is 0.334 e. The summed E-state index contributed by atoms with van der Waals surface area (Å²) in [7, 11) is 0. The summed E-state index contributed by atoms with van der Waals surface area (Å²) >= 11 is 6.56. The first-order chi connectivity index (χ1) is 9.28. The van der Waals surface area contributed by atoms with E-state index in [9.17, 15) is 9.59 Å². The summed E-state index contributed by atoms with van der Waals surface area (Å²) in [5.74, 6) is -0.388. The maximum Gasteiger partial charge on any atom is 0.305 e. The molecular formula is C13H15ClN2O3S. The van der Waals surface area contributed by atoms with Gasteiger partial charge in [-0.2, -0.15) is 0 Å². The van der Waals surface area contributed by atoms with Gasteiger partial charge in [-0.05, 0) is 43.3 Å². The fraction of sp³-hybridized carbons (Fsp3) is 0.231. The minimum absolute atomic E-state index is 0.315. The summed E-state index contributed by atoms with van der Waals surface area (Å²) in [6, 6.07) is 6.69. The van der Waals surface area contributed by atoms with E-state index < -0.39 is 10.1 Å². The van der Waals surface area contributed by atoms with Crippen molar-refractivity contribution in [2.45, 2.75) is 18.7 Å². The van der Waals surface area contributed by atoms with Crippen LogP contribution in [0.3, 0.4) is 0 Å². The third-order valence-corrected chi connectivity index (χ3v) is 3.80. The number of nitrogens with one attached hydrogen (secondary N) is 2. The van der Waals surface area contributed by atoms with Crippen LogP contribution in [0.1, 0.15) is 19.4 Å². The fourth-order valence-corrected chi connectivity index (χ4v) is 2.40. The van der Waals surface area contributed by atoms with E-state index in [0.29, 0.717) is 16.2 Å². The van der Waals surface area contributed by atoms with Gasteiger partial charge >= 0.3 is 5.24 Å². The number of carbonyl (C=O) groups excluding carboxylic acids is 2. The van der Waals surface area contributed by atoms with Crippen LogP contribution in [0.2, 0.25) is 5.02 Å². The molecular weight excluding hydrogens is 300 g/mol. The quantitative estimate of drug-likeness (QED) is 0.345. The Morgan fingerprint density at radius 3 is 2.35 bits per heavy atom. The highest BCUT2D eigenvalue weighted by Crippen LogP contribution is 2.34. The second-order valence-corrected chi connectivity index (χ2v) is 6.10. The van der Waals surface area contributed by atoms with E-state index in [1.165, 1.54) is 5.48 Å². The Hall–Kier alpha value is -1.50. The number of benzene rings is 1. The van der Waals surface area contributed by atoms with Crippen molar-refractivity contribution >= 4 is 34.5 Å². The average molecular weight is 315 g/mol. The molecule has 1 aromatic rings. The zero-order chi connectivity index (χ0) is 15.3. The molecule has 5 nitrogen and oxygen atoms in total. The molecule has 0 saturated heterocycles. The minimum atomic E-state index is -1.06. The second-order valence-electron chi connectivity index (χ2n) is 4.28. The summed E-state index contributed by atoms with van der Waals surface area (Å²) in [5, 5.41) is 11.2. The zero-order valence-corrected chi connectivity index (χ0v) is 12.6. The molecule has 0 aliphatic carbocycles. The Morgan fingerprint density at radius 1 is 1.35 bits per heavy atom. The molecule has 7 heteroatoms. The van der Waals surface area contributed by atoms with Crippen molar-refractivity contribution in [3.63, 3.8) is 0 Å². The predicted molar refractivity (Wildman–Crippen MR) is 79.7 cm³/mol. The topological polar surface area (TPSA) is 78.4 Å². The van der Waals surface area contributed by atoms with Gasteiger partial charge in [-0.15, -0.1) is 0 Å². The van der Waals surface area contributed by atoms with Gasteiger partial charge in [0.2, 0.25) is 5.91 Å². The summed E-state index contributed by atoms with van der Waals surface area (Å²) in [6.07, 6.45) is 0. The molecule has 0 bridgehead atoms. The van der Waals surface area contributed by atoms with Crippen molar-refractivity contribution in [3.8, 4) is 0 Å². The lowest BCUT2D eigenvalue weighted by molar-refractivity contribution is -0.118. The van der Waals surface area contributed by atoms with E-state index in [0.717, 1.165) is 11.8 Å². The molecule has 108 valence electrons. The molecule has 1 aromatic carbocycles. The summed E-state index contributed by atoms with van der Waals surface area (Å²) in [4.78, 5) is 22.2. The molecule has 1 rings (SSSR count). The monoisotopic (exact) mass is 314 g/mol. The molecule has 1 unspecified atom stereocenters. The van der Waals surface area contributed by atoms with Crippen LogP contribution < -0.4 is 10.8 Å². The molecule has 0 aromatic heterocycles. The van der Waals surface area contributed by atoms with E-state index >= 15 is 0 Å². The maximum atomic E-state index is 11.8. The van der Waals surface area contributed by atoms with Gasteiger partial charge in [0.15, 0.2) is 0 Å². The predicted octanol–water partition coefficient (Wildman–Crippen LogP) is 3.04. The third-order valence-electron chi connectivity index (χ3n) is 2.52. The summed E-state index contributed by atoms with van der Waals surface area (Å²) in [6.45, 7) is 6.77. The van der Waals surface area contributed by atoms with E-state index in [1.54, 1.807) is 38.1 Å². The van der Waals surface area contributed by atoms with Crippen molar-refractivity contribution in [2.75, 3.05) is 0 Å². The van der Waals surface area contributed by atoms with Gasteiger partial charge in [0.1, 0.15) is 4.87 Å². The Morgan fingerprint density at radius 2 is 1.90 bits per heavy atom. The number of thioether (sulfide) groups is 1. The lowest BCUT2D eigenvalue weighted by Crippen LogP contribution is -2.43. The number of hydroxylamine groups is 1. The molecule has 0 spiro atoms. The van der Waals surface area contributed by atoms with Crippen LogP contribution >= 0.6 is 23.4 Å². The average Bonchev–Trinajstić information content (AvgIpc) is 2.38. The first-order valence-corrected chi connectivity index (χ1v) is 6.85. The van der Waals surface area contributed by atoms with Crippen LogP contribution in [0.25, 0.3) is 0 Å². The van der Waals surface area contributed by atoms with Crippen molar-refractivity contribution in [2.24, 2.45) is 0 Å². The highest BCUT2D eigenvalue weighted by atomic mass is 35.5. The number of halogens is 1. The lowest BCUT2D eigenvalue weighted by Gasteiger charge is -2.29. The maximum absolute atomic E-state index is 11.8. The van der Waals surface area contributed by atoms with Gasteiger partial charge in [0.25, 0.3) is 0 Å². The Balaban J connectivity index is 3.11. The van der Waals surface area contributed by atoms with Crippen LogP contribution in [0.4, 0.5) is 4.79 Å². The molecule has 0 aliphatic rings. The molecule has 0 heterocycles. The minimum Gasteiger partial charge on any atom is -0.334 e. The van der Waals surface area contributed by atoms with Crippen molar-refractivity contribution in [1.29, 1.82) is 0 Å². The summed E-state index contributed by atoms with van der Waals surface area (Å²) in [5.41, 5.74) is 2.50. The zero-order valence-electron chi connectivity index (χ0n) is 11.1. The van der Waals surface area contributed by atoms with Crippen LogP contribution in [0, 0.1) is 0 Å². The molecule has 0 aliphatic heterocycles. The number of hydrogen-bond donors (Lipinski definition) is 3. The molecule has 3 N–H and O–H groups in total. The summed E-state index contributed by atoms with van der Waals surface area (Å²) < 4.78 is 0. The van der Waals surface area contributed by atoms with Crippen LogP contribution in [0.5, 0.6) is 0 Å². The molecule has 20 heavy (non-hydrogen) atoms. The van der Waals surface area contributed by atoms with Crippen molar-refractivity contribution in [1.82, 2.24) is 10.8 Å². The number of amides is 2. The van der Waals surface area contributed by atoms with Crippen molar-refractivity contribution < 1.29 is 14.8 Å². The van der Waals surface area contributed by atoms with Gasteiger partial charge in [-0.25, -0.2) is 5.48 Å². The third kappa shape index (κ3) is 4.26. The smallest absolute Gasteiger partial charge is 0.305 e. The van der Waals surface area contributed by atoms with Crippen LogP contribution in [0.15, 0.2) is 36.4 Å². The number of rotatable bonds is 4. The normalized spacial score (nSPS) is 13.2. The first-order valence-electron chi connectivity index (χ1n) is 5.65. The number of hydrogen-bond acceptors (Lipinski definition) is 4. The fourth-order valence-electron chi connectivity index (χ4n) is 1.46. The first kappa shape index (κ1) is 16.6. The van der Waals surface area contributed by atoms with Gasteiger partial charge in [-0.1, -0.05) is 30.3 Å². The van der Waals surface area contributed by atoms with Crippen LogP contribution in [-0.4, -0.2) is 16.4 Å². The van der Waals surface area contributed by atoms with Gasteiger partial charge in [-0.3, -0.25) is 14.8 Å². The van der Waals surface area contributed by atoms with Gasteiger partial charge in [0, 0.05) is 10.6 Å². The Labute approximate surface area is 126 Å². The standard InChI is InChI=1S/C13H15ClN2O3S/c1-8(2)11(17)15-13(3,20-12(18)16-19)9-4-6-10(14)7-5-9/h4-7,19H,1H2,2-3H3,(H,15,17)(H,16,18). The molecule has 1 atom stereocenters. The SMILES string of the molecule is C=C(C)C(=O)NC(C)(SC(=O)NO)c1ccc(Cl)cc1. The lowest BCUT2D eigenvalue weighted by atomic mass is 10.1. The molecule has 2 amide bonds. The van der Waals surface area contributed by atoms with E-state index in [4.69, 9.17) is 16.8 Å². The molecule has 0 saturated carbocycles. The van der Waals surface area contributed by atoms with Crippen LogP contribution in [-0.2, 0) is 9.67 Å².